The lowest BCUT2D eigenvalue weighted by Gasteiger charge is -2.02. The van der Waals surface area contributed by atoms with Gasteiger partial charge in [-0.15, -0.1) is 0 Å². The van der Waals surface area contributed by atoms with E-state index in [0.717, 1.165) is 5.02 Å². The van der Waals surface area contributed by atoms with Crippen LogP contribution in [0, 0.1) is 16.4 Å². The van der Waals surface area contributed by atoms with E-state index in [4.69, 9.17) is 11.6 Å². The number of halogens is 1. The van der Waals surface area contributed by atoms with Crippen molar-refractivity contribution in [3.63, 3.8) is 0 Å². The quantitative estimate of drug-likeness (QED) is 0.759. The third-order valence-corrected chi connectivity index (χ3v) is 2.17. The predicted octanol–water partition coefficient (Wildman–Crippen LogP) is 1.72. The highest BCUT2D eigenvalue weighted by Gasteiger charge is 1.99. The molecule has 0 aromatic carbocycles. The molecule has 2 aliphatic rings. The molecule has 0 amide bonds. The zero-order valence-electron chi connectivity index (χ0n) is 8.21. The summed E-state index contributed by atoms with van der Waals surface area (Å²) in [4.78, 5) is 9.70. The van der Waals surface area contributed by atoms with Gasteiger partial charge in [0.15, 0.2) is 0 Å². The van der Waals surface area contributed by atoms with Gasteiger partial charge in [0.2, 0.25) is 0 Å². The number of carbonyl (C=O) groups excluding carboxylic acids is 1. The van der Waals surface area contributed by atoms with E-state index in [2.05, 4.69) is 6.07 Å². The average Bonchev–Trinajstić information content (AvgIpc) is 1.98. The van der Waals surface area contributed by atoms with Crippen LogP contribution in [0.3, 0.4) is 0 Å². The average molecular weight is 212 g/mol. The van der Waals surface area contributed by atoms with E-state index in [1.165, 1.54) is 10.4 Å². The molecular weight excluding hydrogens is 200 g/mol. The number of hydrogen-bond donors (Lipinski definition) is 0. The van der Waals surface area contributed by atoms with E-state index in [0.29, 0.717) is 0 Å². The van der Waals surface area contributed by atoms with Crippen LogP contribution in [-0.2, 0) is 4.79 Å². The van der Waals surface area contributed by atoms with Crippen LogP contribution in [0.15, 0.2) is 18.2 Å². The largest absolute Gasteiger partial charge is 0.550 e. The second kappa shape index (κ2) is 4.47. The smallest absolute Gasteiger partial charge is 0.0490 e. The van der Waals surface area contributed by atoms with Gasteiger partial charge < -0.3 is 9.90 Å². The fourth-order valence-electron chi connectivity index (χ4n) is 1.08. The van der Waals surface area contributed by atoms with Crippen molar-refractivity contribution in [3.8, 4) is 0 Å². The topological polar surface area (TPSA) is 40.1 Å². The Balaban J connectivity index is 0.000000140. The highest BCUT2D eigenvalue weighted by atomic mass is 35.5. The Kier molecular flexibility index (Phi) is 3.53. The van der Waals surface area contributed by atoms with Gasteiger partial charge in [0, 0.05) is 16.2 Å². The fourth-order valence-corrected chi connectivity index (χ4v) is 1.37. The van der Waals surface area contributed by atoms with Crippen molar-refractivity contribution in [2.24, 2.45) is 5.92 Å². The predicted molar refractivity (Wildman–Crippen MR) is 53.6 cm³/mol. The highest BCUT2D eigenvalue weighted by Crippen LogP contribution is 2.20. The van der Waals surface area contributed by atoms with Gasteiger partial charge in [-0.3, -0.25) is 0 Å². The Morgan fingerprint density at radius 1 is 1.50 bits per heavy atom. The fraction of sp³-hybridized carbons (Fsp3) is 0.364. The van der Waals surface area contributed by atoms with Crippen molar-refractivity contribution in [2.75, 3.05) is 0 Å². The van der Waals surface area contributed by atoms with E-state index < -0.39 is 5.97 Å². The van der Waals surface area contributed by atoms with E-state index in [-0.39, 0.29) is 12.3 Å². The van der Waals surface area contributed by atoms with Gasteiger partial charge in [-0.05, 0) is 23.6 Å². The van der Waals surface area contributed by atoms with Crippen LogP contribution in [-0.4, -0.2) is 5.97 Å². The number of carbonyl (C=O) groups is 1. The van der Waals surface area contributed by atoms with Crippen LogP contribution >= 0.6 is 11.6 Å². The maximum Gasteiger partial charge on any atom is 0.0490 e. The molecule has 0 heterocycles. The summed E-state index contributed by atoms with van der Waals surface area (Å²) in [5.41, 5.74) is 0. The minimum Gasteiger partial charge on any atom is -0.550 e. The van der Waals surface area contributed by atoms with Crippen LogP contribution in [0.25, 0.3) is 0 Å². The zero-order valence-corrected chi connectivity index (χ0v) is 8.97. The Labute approximate surface area is 87.8 Å². The molecule has 0 bridgehead atoms. The van der Waals surface area contributed by atoms with Gasteiger partial charge in [0.05, 0.1) is 0 Å². The summed E-state index contributed by atoms with van der Waals surface area (Å²) in [6.07, 6.45) is 0.167. The lowest BCUT2D eigenvalue weighted by molar-refractivity contribution is -0.306. The number of benzene rings is 1. The summed E-state index contributed by atoms with van der Waals surface area (Å²) in [5, 5.41) is 13.2. The summed E-state index contributed by atoms with van der Waals surface area (Å²) in [5.74, 6) is -0.750. The van der Waals surface area contributed by atoms with Gasteiger partial charge in [-0.1, -0.05) is 37.6 Å². The number of carboxylic acids is 1. The summed E-state index contributed by atoms with van der Waals surface area (Å²) >= 11 is 5.60. The van der Waals surface area contributed by atoms with Crippen LogP contribution in [0.5, 0.6) is 0 Å². The number of hydrogen-bond acceptors (Lipinski definition) is 2. The lowest BCUT2D eigenvalue weighted by atomic mass is 10.1. The molecule has 0 fully saturated rings. The molecule has 0 aromatic rings. The van der Waals surface area contributed by atoms with E-state index in [1.54, 1.807) is 0 Å². The van der Waals surface area contributed by atoms with Crippen molar-refractivity contribution in [1.29, 1.82) is 0 Å². The Morgan fingerprint density at radius 3 is 2.14 bits per heavy atom. The van der Waals surface area contributed by atoms with Gasteiger partial charge in [-0.2, -0.15) is 0 Å². The van der Waals surface area contributed by atoms with Crippen molar-refractivity contribution in [2.45, 2.75) is 20.3 Å². The molecule has 0 atom stereocenters. The first kappa shape index (κ1) is 11.1. The minimum absolute atomic E-state index is 0.167. The van der Waals surface area contributed by atoms with Crippen LogP contribution in [0.2, 0.25) is 5.02 Å². The third kappa shape index (κ3) is 2.74. The Bertz CT molecular complexity index is 423. The minimum atomic E-state index is -0.963. The van der Waals surface area contributed by atoms with E-state index in [1.807, 2.05) is 26.0 Å². The number of rotatable bonds is 2. The molecule has 0 saturated carbocycles. The molecule has 0 unspecified atom stereocenters. The molecule has 0 spiro atoms. The Hall–Kier alpha value is -1.02. The first-order chi connectivity index (χ1) is 6.50. The summed E-state index contributed by atoms with van der Waals surface area (Å²) in [6, 6.07) is 6.05. The highest BCUT2D eigenvalue weighted by molar-refractivity contribution is 6.31. The molecule has 2 aliphatic carbocycles. The van der Waals surface area contributed by atoms with Gasteiger partial charge >= 0.3 is 0 Å². The molecule has 14 heavy (non-hydrogen) atoms. The van der Waals surface area contributed by atoms with Crippen LogP contribution < -0.4 is 5.11 Å². The zero-order chi connectivity index (χ0) is 10.7. The molecule has 2 nitrogen and oxygen atoms in total. The SMILES string of the molecule is CC(C)CC(=O)[O-].Clc1cc2ccc1=2. The molecule has 0 saturated heterocycles. The molecule has 0 aromatic heterocycles. The molecule has 3 heteroatoms. The first-order valence-corrected chi connectivity index (χ1v) is 4.88. The molecule has 0 radical (unpaired) electrons. The lowest BCUT2D eigenvalue weighted by Crippen LogP contribution is -2.23. The summed E-state index contributed by atoms with van der Waals surface area (Å²) in [7, 11) is 0. The van der Waals surface area contributed by atoms with Crippen molar-refractivity contribution in [3.05, 3.63) is 33.7 Å². The summed E-state index contributed by atoms with van der Waals surface area (Å²) < 4.78 is 0. The summed E-state index contributed by atoms with van der Waals surface area (Å²) in [6.45, 7) is 3.69. The van der Waals surface area contributed by atoms with Crippen molar-refractivity contribution >= 4 is 17.6 Å². The second-order valence-corrected chi connectivity index (χ2v) is 4.07. The number of aliphatic carboxylic acids is 1. The number of carboxylic acid groups (broad SMARTS) is 1. The van der Waals surface area contributed by atoms with Gasteiger partial charge in [0.25, 0.3) is 0 Å². The van der Waals surface area contributed by atoms with E-state index >= 15 is 0 Å². The maximum atomic E-state index is 9.70. The monoisotopic (exact) mass is 211 g/mol. The first-order valence-electron chi connectivity index (χ1n) is 4.50. The van der Waals surface area contributed by atoms with Crippen molar-refractivity contribution in [1.82, 2.24) is 0 Å². The molecule has 76 valence electrons. The normalized spacial score (nSPS) is 10.6. The van der Waals surface area contributed by atoms with E-state index in [9.17, 15) is 9.90 Å². The van der Waals surface area contributed by atoms with Crippen molar-refractivity contribution < 1.29 is 9.90 Å². The maximum absolute atomic E-state index is 9.70. The molecule has 0 aliphatic heterocycles. The van der Waals surface area contributed by atoms with Crippen LogP contribution in [0.4, 0.5) is 0 Å². The third-order valence-electron chi connectivity index (χ3n) is 1.86. The van der Waals surface area contributed by atoms with Gasteiger partial charge in [0.1, 0.15) is 0 Å². The van der Waals surface area contributed by atoms with Crippen LogP contribution in [0.1, 0.15) is 20.3 Å². The van der Waals surface area contributed by atoms with Gasteiger partial charge in [-0.25, -0.2) is 0 Å². The molecular formula is C11H12ClO2-. The molecule has 0 N–H and O–H groups in total. The molecule has 2 rings (SSSR count). The second-order valence-electron chi connectivity index (χ2n) is 3.66. The Morgan fingerprint density at radius 2 is 2.14 bits per heavy atom. The standard InChI is InChI=1S/C6H3Cl.C5H10O2/c7-6-3-4-1-2-5(4)6;1-4(2)3-5(6)7/h1-3H;4H,3H2,1-2H3,(H,6,7)/p-1.